The van der Waals surface area contributed by atoms with Crippen LogP contribution in [0.2, 0.25) is 0 Å². The molecule has 2 heterocycles. The molecule has 0 amide bonds. The summed E-state index contributed by atoms with van der Waals surface area (Å²) in [5.74, 6) is 0.733. The smallest absolute Gasteiger partial charge is 0.183 e. The zero-order valence-corrected chi connectivity index (χ0v) is 13.7. The van der Waals surface area contributed by atoms with Crippen molar-refractivity contribution in [3.63, 3.8) is 0 Å². The number of nitrogens with two attached hydrogens (primary N) is 1. The van der Waals surface area contributed by atoms with Crippen LogP contribution < -0.4 is 5.73 Å². The summed E-state index contributed by atoms with van der Waals surface area (Å²) in [6, 6.07) is 5.95. The zero-order valence-electron chi connectivity index (χ0n) is 12.1. The maximum atomic E-state index is 5.95. The van der Waals surface area contributed by atoms with Gasteiger partial charge in [0.2, 0.25) is 0 Å². The highest BCUT2D eigenvalue weighted by atomic mass is 79.9. The predicted molar refractivity (Wildman–Crippen MR) is 83.7 cm³/mol. The van der Waals surface area contributed by atoms with Crippen LogP contribution in [0.15, 0.2) is 22.7 Å². The van der Waals surface area contributed by atoms with Gasteiger partial charge in [-0.25, -0.2) is 4.68 Å². The number of benzene rings is 1. The minimum absolute atomic E-state index is 0.154. The summed E-state index contributed by atoms with van der Waals surface area (Å²) in [6.07, 6.45) is 1.78. The van der Waals surface area contributed by atoms with Crippen molar-refractivity contribution in [3.8, 4) is 11.4 Å². The Labute approximate surface area is 131 Å². The molecule has 7 heteroatoms. The molecule has 1 aromatic carbocycles. The molecule has 2 N–H and O–H groups in total. The molecule has 1 fully saturated rings. The van der Waals surface area contributed by atoms with Crippen LogP contribution in [0.3, 0.4) is 0 Å². The van der Waals surface area contributed by atoms with E-state index in [4.69, 9.17) is 10.5 Å². The highest BCUT2D eigenvalue weighted by Crippen LogP contribution is 2.36. The molecule has 1 atom stereocenters. The van der Waals surface area contributed by atoms with E-state index in [-0.39, 0.29) is 11.6 Å². The van der Waals surface area contributed by atoms with Crippen molar-refractivity contribution in [2.75, 3.05) is 12.3 Å². The van der Waals surface area contributed by atoms with Gasteiger partial charge in [0.25, 0.3) is 0 Å². The van der Waals surface area contributed by atoms with Crippen LogP contribution in [0.25, 0.3) is 11.4 Å². The maximum absolute atomic E-state index is 5.95. The topological polar surface area (TPSA) is 78.9 Å². The summed E-state index contributed by atoms with van der Waals surface area (Å²) in [6.45, 7) is 4.91. The molecule has 1 aliphatic rings. The van der Waals surface area contributed by atoms with Crippen LogP contribution in [0.4, 0.5) is 5.69 Å². The number of rotatable bonds is 2. The number of tetrazole rings is 1. The summed E-state index contributed by atoms with van der Waals surface area (Å²) >= 11 is 3.52. The number of aromatic nitrogens is 4. The second kappa shape index (κ2) is 5.38. The van der Waals surface area contributed by atoms with Crippen molar-refractivity contribution < 1.29 is 4.74 Å². The molecule has 1 unspecified atom stereocenters. The van der Waals surface area contributed by atoms with Crippen molar-refractivity contribution in [1.82, 2.24) is 20.2 Å². The summed E-state index contributed by atoms with van der Waals surface area (Å²) in [7, 11) is 0. The van der Waals surface area contributed by atoms with Gasteiger partial charge in [0.15, 0.2) is 5.82 Å². The maximum Gasteiger partial charge on any atom is 0.183 e. The van der Waals surface area contributed by atoms with Crippen molar-refractivity contribution in [1.29, 1.82) is 0 Å². The molecule has 1 aliphatic heterocycles. The van der Waals surface area contributed by atoms with Crippen LogP contribution in [-0.2, 0) is 4.74 Å². The number of halogens is 1. The van der Waals surface area contributed by atoms with Crippen molar-refractivity contribution in [2.24, 2.45) is 0 Å². The highest BCUT2D eigenvalue weighted by molar-refractivity contribution is 9.10. The zero-order chi connectivity index (χ0) is 15.0. The predicted octanol–water partition coefficient (Wildman–Crippen LogP) is 2.81. The Hall–Kier alpha value is -1.47. The Morgan fingerprint density at radius 3 is 3.00 bits per heavy atom. The molecule has 0 aliphatic carbocycles. The van der Waals surface area contributed by atoms with E-state index in [0.29, 0.717) is 5.69 Å². The number of hydrogen-bond acceptors (Lipinski definition) is 5. The van der Waals surface area contributed by atoms with Crippen molar-refractivity contribution in [2.45, 2.75) is 38.3 Å². The van der Waals surface area contributed by atoms with E-state index in [2.05, 4.69) is 45.3 Å². The molecule has 0 radical (unpaired) electrons. The van der Waals surface area contributed by atoms with Crippen LogP contribution in [0.5, 0.6) is 0 Å². The Balaban J connectivity index is 2.00. The number of ether oxygens (including phenoxy) is 1. The fraction of sp³-hybridized carbons (Fsp3) is 0.500. The first-order chi connectivity index (χ1) is 9.98. The molecule has 6 nitrogen and oxygen atoms in total. The van der Waals surface area contributed by atoms with Gasteiger partial charge in [0.05, 0.1) is 16.1 Å². The van der Waals surface area contributed by atoms with Crippen molar-refractivity contribution in [3.05, 3.63) is 22.7 Å². The van der Waals surface area contributed by atoms with Gasteiger partial charge in [-0.3, -0.25) is 0 Å². The summed E-state index contributed by atoms with van der Waals surface area (Å²) in [5, 5.41) is 12.2. The molecule has 3 rings (SSSR count). The van der Waals surface area contributed by atoms with Gasteiger partial charge >= 0.3 is 0 Å². The monoisotopic (exact) mass is 351 g/mol. The van der Waals surface area contributed by atoms with Gasteiger partial charge in [-0.15, -0.1) is 5.10 Å². The Bertz CT molecular complexity index is 655. The molecule has 2 aromatic rings. The molecular formula is C14H18BrN5O. The SMILES string of the molecule is CC1(C)CC(n2nnnc2-c2cccc(N)c2Br)CCO1. The average Bonchev–Trinajstić information content (AvgIpc) is 2.90. The quantitative estimate of drug-likeness (QED) is 0.841. The minimum Gasteiger partial charge on any atom is -0.398 e. The summed E-state index contributed by atoms with van der Waals surface area (Å²) in [5.41, 5.74) is 7.38. The molecule has 21 heavy (non-hydrogen) atoms. The van der Waals surface area contributed by atoms with Crippen LogP contribution >= 0.6 is 15.9 Å². The molecule has 112 valence electrons. The third-order valence-electron chi connectivity index (χ3n) is 3.78. The van der Waals surface area contributed by atoms with E-state index >= 15 is 0 Å². The Morgan fingerprint density at radius 2 is 2.24 bits per heavy atom. The molecular weight excluding hydrogens is 334 g/mol. The van der Waals surface area contributed by atoms with E-state index in [9.17, 15) is 0 Å². The Morgan fingerprint density at radius 1 is 1.43 bits per heavy atom. The second-order valence-electron chi connectivity index (χ2n) is 5.91. The van der Waals surface area contributed by atoms with Gasteiger partial charge in [0.1, 0.15) is 0 Å². The summed E-state index contributed by atoms with van der Waals surface area (Å²) in [4.78, 5) is 0. The lowest BCUT2D eigenvalue weighted by Gasteiger charge is -2.35. The summed E-state index contributed by atoms with van der Waals surface area (Å²) < 4.78 is 8.49. The van der Waals surface area contributed by atoms with Crippen LogP contribution in [0, 0.1) is 0 Å². The van der Waals surface area contributed by atoms with E-state index in [1.807, 2.05) is 22.9 Å². The largest absolute Gasteiger partial charge is 0.398 e. The van der Waals surface area contributed by atoms with Crippen LogP contribution in [-0.4, -0.2) is 32.4 Å². The molecule has 0 saturated carbocycles. The lowest BCUT2D eigenvalue weighted by molar-refractivity contribution is -0.0707. The standard InChI is InChI=1S/C14H18BrN5O/c1-14(2)8-9(6-7-21-14)20-13(17-18-19-20)10-4-3-5-11(16)12(10)15/h3-5,9H,6-8,16H2,1-2H3. The fourth-order valence-corrected chi connectivity index (χ4v) is 3.19. The lowest BCUT2D eigenvalue weighted by atomic mass is 9.94. The van der Waals surface area contributed by atoms with Gasteiger partial charge < -0.3 is 10.5 Å². The average molecular weight is 352 g/mol. The lowest BCUT2D eigenvalue weighted by Crippen LogP contribution is -2.35. The first kappa shape index (κ1) is 14.5. The Kier molecular flexibility index (Phi) is 3.71. The van der Waals surface area contributed by atoms with E-state index in [0.717, 1.165) is 35.3 Å². The van der Waals surface area contributed by atoms with E-state index in [1.54, 1.807) is 0 Å². The van der Waals surface area contributed by atoms with E-state index in [1.165, 1.54) is 0 Å². The van der Waals surface area contributed by atoms with Gasteiger partial charge in [0, 0.05) is 17.9 Å². The van der Waals surface area contributed by atoms with Gasteiger partial charge in [-0.1, -0.05) is 6.07 Å². The third kappa shape index (κ3) is 2.80. The first-order valence-corrected chi connectivity index (χ1v) is 7.73. The first-order valence-electron chi connectivity index (χ1n) is 6.94. The number of nitrogen functional groups attached to an aromatic ring is 1. The van der Waals surface area contributed by atoms with Gasteiger partial charge in [-0.2, -0.15) is 0 Å². The van der Waals surface area contributed by atoms with E-state index < -0.39 is 0 Å². The second-order valence-corrected chi connectivity index (χ2v) is 6.70. The van der Waals surface area contributed by atoms with Crippen LogP contribution in [0.1, 0.15) is 32.7 Å². The highest BCUT2D eigenvalue weighted by Gasteiger charge is 2.32. The fourth-order valence-electron chi connectivity index (χ4n) is 2.75. The molecule has 1 saturated heterocycles. The van der Waals surface area contributed by atoms with Crippen molar-refractivity contribution >= 4 is 21.6 Å². The molecule has 1 aromatic heterocycles. The molecule has 0 bridgehead atoms. The number of nitrogens with zero attached hydrogens (tertiary/aromatic N) is 4. The minimum atomic E-state index is -0.154. The number of hydrogen-bond donors (Lipinski definition) is 1. The third-order valence-corrected chi connectivity index (χ3v) is 4.66. The molecule has 0 spiro atoms. The van der Waals surface area contributed by atoms with Gasteiger partial charge in [-0.05, 0) is 65.2 Å². The number of anilines is 1. The normalized spacial score (nSPS) is 21.4.